The third kappa shape index (κ3) is 5.59. The average molecular weight is 303 g/mol. The smallest absolute Gasteiger partial charge is 0.214 e. The summed E-state index contributed by atoms with van der Waals surface area (Å²) < 4.78 is 17.7. The molecule has 0 radical (unpaired) electrons. The van der Waals surface area contributed by atoms with E-state index in [1.54, 1.807) is 6.08 Å². The van der Waals surface area contributed by atoms with Crippen LogP contribution in [0.25, 0.3) is 0 Å². The predicted molar refractivity (Wildman–Crippen MR) is 86.3 cm³/mol. The van der Waals surface area contributed by atoms with Crippen LogP contribution in [-0.4, -0.2) is 39.5 Å². The van der Waals surface area contributed by atoms with Gasteiger partial charge < -0.3 is 13.3 Å². The second-order valence-corrected chi connectivity index (χ2v) is 13.5. The summed E-state index contributed by atoms with van der Waals surface area (Å²) in [5.74, 6) is -0.879. The monoisotopic (exact) mass is 302 g/mol. The van der Waals surface area contributed by atoms with Crippen molar-refractivity contribution in [3.63, 3.8) is 0 Å². The Morgan fingerprint density at radius 3 is 1.61 bits per heavy atom. The second-order valence-electron chi connectivity index (χ2n) is 5.27. The van der Waals surface area contributed by atoms with Crippen molar-refractivity contribution in [2.45, 2.75) is 32.0 Å². The van der Waals surface area contributed by atoms with Gasteiger partial charge in [0.2, 0.25) is 16.6 Å². The van der Waals surface area contributed by atoms with Crippen molar-refractivity contribution in [2.24, 2.45) is 0 Å². The first-order valence-electron chi connectivity index (χ1n) is 5.96. The molecule has 0 heterocycles. The summed E-state index contributed by atoms with van der Waals surface area (Å²) >= 11 is 0. The normalized spacial score (nSPS) is 13.3. The van der Waals surface area contributed by atoms with E-state index >= 15 is 0 Å². The first-order valence-corrected chi connectivity index (χ1v) is 12.7. The molecule has 0 aromatic heterocycles. The van der Waals surface area contributed by atoms with Gasteiger partial charge in [0.1, 0.15) is 10.5 Å². The van der Waals surface area contributed by atoms with Crippen LogP contribution in [-0.2, 0) is 13.3 Å². The van der Waals surface area contributed by atoms with Crippen molar-refractivity contribution in [1.29, 1.82) is 0 Å². The lowest BCUT2D eigenvalue weighted by atomic mass is 10.3. The third-order valence-corrected chi connectivity index (χ3v) is 6.51. The molecule has 6 heteroatoms. The zero-order valence-corrected chi connectivity index (χ0v) is 16.3. The van der Waals surface area contributed by atoms with E-state index in [0.717, 1.165) is 0 Å². The van der Waals surface area contributed by atoms with Gasteiger partial charge in [0.05, 0.1) is 6.61 Å². The van der Waals surface area contributed by atoms with E-state index in [0.29, 0.717) is 17.1 Å². The zero-order chi connectivity index (χ0) is 14.4. The van der Waals surface area contributed by atoms with Crippen molar-refractivity contribution in [1.82, 2.24) is 0 Å². The molecule has 0 aromatic rings. The van der Waals surface area contributed by atoms with E-state index in [9.17, 15) is 0 Å². The van der Waals surface area contributed by atoms with Crippen molar-refractivity contribution in [3.05, 3.63) is 37.2 Å². The van der Waals surface area contributed by atoms with Crippen LogP contribution < -0.4 is 0 Å². The Balaban J connectivity index is 5.22. The fourth-order valence-corrected chi connectivity index (χ4v) is 4.20. The Hall–Kier alpha value is -0.249. The van der Waals surface area contributed by atoms with Gasteiger partial charge in [-0.25, -0.2) is 0 Å². The maximum Gasteiger partial charge on any atom is 0.214 e. The van der Waals surface area contributed by atoms with E-state index in [1.807, 2.05) is 11.4 Å². The van der Waals surface area contributed by atoms with E-state index in [4.69, 9.17) is 13.3 Å². The Kier molecular flexibility index (Phi) is 6.69. The molecule has 104 valence electrons. The van der Waals surface area contributed by atoms with Gasteiger partial charge in [0.25, 0.3) is 0 Å². The molecule has 0 fully saturated rings. The minimum atomic E-state index is -1.99. The Morgan fingerprint density at radius 1 is 1.00 bits per heavy atom. The van der Waals surface area contributed by atoms with Crippen LogP contribution >= 0.6 is 0 Å². The van der Waals surface area contributed by atoms with Gasteiger partial charge in [0, 0.05) is 0 Å². The van der Waals surface area contributed by atoms with Gasteiger partial charge in [-0.1, -0.05) is 18.0 Å². The molecule has 0 rings (SSSR count). The summed E-state index contributed by atoms with van der Waals surface area (Å²) in [6.45, 7) is 20.2. The molecular weight excluding hydrogens is 276 g/mol. The zero-order valence-electron chi connectivity index (χ0n) is 12.3. The molecule has 0 spiro atoms. The van der Waals surface area contributed by atoms with Crippen LogP contribution in [0, 0.1) is 0 Å². The summed E-state index contributed by atoms with van der Waals surface area (Å²) in [4.78, 5) is 0. The van der Waals surface area contributed by atoms with Crippen LogP contribution in [0.1, 0.15) is 0 Å². The molecule has 0 aromatic carbocycles. The van der Waals surface area contributed by atoms with Gasteiger partial charge in [-0.05, 0) is 32.3 Å². The molecule has 0 saturated carbocycles. The van der Waals surface area contributed by atoms with Crippen molar-refractivity contribution >= 4 is 27.1 Å². The topological polar surface area (TPSA) is 27.7 Å². The highest BCUT2D eigenvalue weighted by Crippen LogP contribution is 2.26. The second kappa shape index (κ2) is 6.78. The highest BCUT2D eigenvalue weighted by atomic mass is 28.4. The van der Waals surface area contributed by atoms with Crippen LogP contribution in [0.3, 0.4) is 0 Å². The summed E-state index contributed by atoms with van der Waals surface area (Å²) in [6.07, 6.45) is 1.70. The summed E-state index contributed by atoms with van der Waals surface area (Å²) in [5, 5.41) is 0. The highest BCUT2D eigenvalue weighted by Gasteiger charge is 2.39. The lowest BCUT2D eigenvalue weighted by molar-refractivity contribution is -0.108. The van der Waals surface area contributed by atoms with Crippen molar-refractivity contribution in [3.8, 4) is 0 Å². The molecule has 0 atom stereocenters. The summed E-state index contributed by atoms with van der Waals surface area (Å²) in [6, 6.07) is 0. The molecular formula is C12H26O3Si3. The molecule has 0 amide bonds. The average Bonchev–Trinajstić information content (AvgIpc) is 2.28. The maximum atomic E-state index is 6.17. The first kappa shape index (κ1) is 17.8. The summed E-state index contributed by atoms with van der Waals surface area (Å²) in [7, 11) is -3.35. The maximum absolute atomic E-state index is 6.17. The van der Waals surface area contributed by atoms with Crippen LogP contribution in [0.5, 0.6) is 0 Å². The number of hydrogen-bond donors (Lipinski definition) is 0. The molecule has 0 N–H and O–H groups in total. The molecule has 0 aliphatic rings. The molecule has 0 bridgehead atoms. The third-order valence-electron chi connectivity index (χ3n) is 2.51. The van der Waals surface area contributed by atoms with Gasteiger partial charge in [-0.15, -0.1) is 13.2 Å². The SMILES string of the molecule is C=CC(CO[SiH3])(O[Si](C)(C)C=C)O[Si](C)(C)C=C. The number of hydrogen-bond acceptors (Lipinski definition) is 3. The highest BCUT2D eigenvalue weighted by molar-refractivity contribution is 6.77. The quantitative estimate of drug-likeness (QED) is 0.371. The Bertz CT molecular complexity index is 292. The lowest BCUT2D eigenvalue weighted by Crippen LogP contribution is -2.52. The van der Waals surface area contributed by atoms with Gasteiger partial charge >= 0.3 is 0 Å². The predicted octanol–water partition coefficient (Wildman–Crippen LogP) is 2.06. The molecule has 0 aliphatic heterocycles. The minimum Gasteiger partial charge on any atom is -0.422 e. The largest absolute Gasteiger partial charge is 0.422 e. The lowest BCUT2D eigenvalue weighted by Gasteiger charge is -2.40. The van der Waals surface area contributed by atoms with Gasteiger partial charge in [0.15, 0.2) is 5.79 Å². The van der Waals surface area contributed by atoms with E-state index in [2.05, 4.69) is 45.9 Å². The standard InChI is InChI=1S/C12H26O3Si3/c1-8-12(11-13-16,14-17(4,5)9-2)15-18(6,7)10-3/h8-10H,1-3,11H2,4-7,16H3. The number of rotatable bonds is 9. The van der Waals surface area contributed by atoms with Gasteiger partial charge in [-0.2, -0.15) is 0 Å². The van der Waals surface area contributed by atoms with E-state index in [-0.39, 0.29) is 0 Å². The molecule has 0 saturated heterocycles. The fourth-order valence-electron chi connectivity index (χ4n) is 1.40. The van der Waals surface area contributed by atoms with E-state index in [1.165, 1.54) is 0 Å². The first-order chi connectivity index (χ1) is 8.16. The van der Waals surface area contributed by atoms with Gasteiger partial charge in [-0.3, -0.25) is 0 Å². The summed E-state index contributed by atoms with van der Waals surface area (Å²) in [5.41, 5.74) is 3.76. The molecule has 0 unspecified atom stereocenters. The van der Waals surface area contributed by atoms with Crippen molar-refractivity contribution in [2.75, 3.05) is 6.61 Å². The molecule has 18 heavy (non-hydrogen) atoms. The minimum absolute atomic E-state index is 0.372. The van der Waals surface area contributed by atoms with Crippen molar-refractivity contribution < 1.29 is 13.3 Å². The van der Waals surface area contributed by atoms with Crippen LogP contribution in [0.2, 0.25) is 26.2 Å². The molecule has 3 nitrogen and oxygen atoms in total. The Labute approximate surface area is 116 Å². The van der Waals surface area contributed by atoms with Crippen LogP contribution in [0.15, 0.2) is 37.2 Å². The van der Waals surface area contributed by atoms with Crippen LogP contribution in [0.4, 0.5) is 0 Å². The molecule has 0 aliphatic carbocycles. The van der Waals surface area contributed by atoms with E-state index < -0.39 is 22.4 Å². The Morgan fingerprint density at radius 2 is 1.39 bits per heavy atom. The fraction of sp³-hybridized carbons (Fsp3) is 0.500.